The lowest BCUT2D eigenvalue weighted by atomic mass is 10.7. The quantitative estimate of drug-likeness (QED) is 0.370. The van der Waals surface area contributed by atoms with Gasteiger partial charge >= 0.3 is 0 Å². The van der Waals surface area contributed by atoms with E-state index in [1.54, 1.807) is 0 Å². The summed E-state index contributed by atoms with van der Waals surface area (Å²) in [7, 11) is 0. The fourth-order valence-corrected chi connectivity index (χ4v) is 0.928. The van der Waals surface area contributed by atoms with E-state index in [0.29, 0.717) is 0 Å². The molecule has 0 aliphatic rings. The molecular weight excluding hydrogens is 76.1 g/mol. The minimum absolute atomic E-state index is 1.43. The zero-order chi connectivity index (χ0) is 3.72. The van der Waals surface area contributed by atoms with Gasteiger partial charge in [0, 0.05) is 6.20 Å². The molecule has 2 heteroatoms. The Morgan fingerprint density at radius 3 is 2.50 bits per heavy atom. The normalized spacial score (nSPS) is 14.7. The Labute approximate surface area is 33.6 Å². The van der Waals surface area contributed by atoms with Gasteiger partial charge in [-0.3, -0.25) is 0 Å². The molecule has 0 unspecified atom stereocenters. The molecule has 4 aromatic heterocycles. The molecule has 6 heavy (non-hydrogen) atoms. The van der Waals surface area contributed by atoms with E-state index in [0.717, 1.165) is 0 Å². The van der Waals surface area contributed by atoms with Crippen LogP contribution in [0.3, 0.4) is 0 Å². The van der Waals surface area contributed by atoms with E-state index in [9.17, 15) is 0 Å². The van der Waals surface area contributed by atoms with Crippen LogP contribution >= 0.6 is 0 Å². The lowest BCUT2D eigenvalue weighted by Crippen LogP contribution is -1.58. The van der Waals surface area contributed by atoms with Crippen molar-refractivity contribution in [2.24, 2.45) is 0 Å². The Bertz CT molecular complexity index is 244. The molecule has 0 aromatic carbocycles. The molecule has 0 fully saturated rings. The standard InChI is InChI=1S/C4H2N2/c1-2-5-4-3(1)6(4)5/h1-2H. The van der Waals surface area contributed by atoms with Gasteiger partial charge in [0.15, 0.2) is 5.65 Å². The number of hydrogen-bond donors (Lipinski definition) is 0. The summed E-state index contributed by atoms with van der Waals surface area (Å²) in [6, 6.07) is 2.12. The first-order valence-corrected chi connectivity index (χ1v) is 2.00. The highest BCUT2D eigenvalue weighted by Gasteiger charge is 2.26. The number of fused-ring (bicyclic) bond motifs is 1. The van der Waals surface area contributed by atoms with Crippen LogP contribution in [-0.4, -0.2) is 9.03 Å². The van der Waals surface area contributed by atoms with Gasteiger partial charge < -0.3 is 0 Å². The van der Waals surface area contributed by atoms with Crippen LogP contribution in [0.2, 0.25) is 0 Å². The van der Waals surface area contributed by atoms with Gasteiger partial charge in [0.2, 0.25) is 0 Å². The van der Waals surface area contributed by atoms with Gasteiger partial charge in [-0.25, -0.2) is 9.03 Å². The van der Waals surface area contributed by atoms with Crippen molar-refractivity contribution in [1.29, 1.82) is 0 Å². The molecular formula is C4H2N2. The Hall–Kier alpha value is -0.920. The summed E-state index contributed by atoms with van der Waals surface area (Å²) < 4.78 is 4.29. The van der Waals surface area contributed by atoms with Crippen LogP contribution in [0.4, 0.5) is 0 Å². The summed E-state index contributed by atoms with van der Waals surface area (Å²) >= 11 is 0. The summed E-state index contributed by atoms with van der Waals surface area (Å²) in [6.45, 7) is 0. The predicted molar refractivity (Wildman–Crippen MR) is 21.9 cm³/mol. The first kappa shape index (κ1) is 1.69. The lowest BCUT2D eigenvalue weighted by Gasteiger charge is -1.55. The molecule has 0 spiro atoms. The zero-order valence-corrected chi connectivity index (χ0v) is 3.05. The van der Waals surface area contributed by atoms with E-state index in [-0.39, 0.29) is 0 Å². The van der Waals surface area contributed by atoms with Crippen LogP contribution in [0.25, 0.3) is 11.2 Å². The van der Waals surface area contributed by atoms with E-state index >= 15 is 0 Å². The topological polar surface area (TPSA) is 8.82 Å². The third kappa shape index (κ3) is 0.0330. The largest absolute Gasteiger partial charge is 0.234 e. The Morgan fingerprint density at radius 1 is 1.50 bits per heavy atom. The molecule has 4 rings (SSSR count). The highest BCUT2D eigenvalue weighted by Crippen LogP contribution is 2.32. The van der Waals surface area contributed by atoms with Crippen LogP contribution in [0.1, 0.15) is 0 Å². The number of nitrogens with zero attached hydrogens (tertiary/aromatic N) is 2. The Balaban J connectivity index is 3.32. The molecule has 0 radical (unpaired) electrons. The fraction of sp³-hybridized carbons (Fsp3) is 0. The van der Waals surface area contributed by atoms with E-state index in [1.165, 1.54) is 11.2 Å². The maximum Gasteiger partial charge on any atom is 0.178 e. The second-order valence-electron chi connectivity index (χ2n) is 1.68. The van der Waals surface area contributed by atoms with E-state index in [2.05, 4.69) is 21.3 Å². The minimum atomic E-state index is 1.43. The molecule has 0 amide bonds. The molecule has 2 bridgehead atoms. The first-order valence-electron chi connectivity index (χ1n) is 2.00. The van der Waals surface area contributed by atoms with Crippen LogP contribution in [0, 0.1) is 0 Å². The third-order valence-electron chi connectivity index (χ3n) is 1.37. The summed E-state index contributed by atoms with van der Waals surface area (Å²) in [5, 5.41) is 0. The Kier molecular flexibility index (Phi) is 0.0636. The second-order valence-corrected chi connectivity index (χ2v) is 1.68. The summed E-state index contributed by atoms with van der Waals surface area (Å²) in [5.41, 5.74) is 2.85. The number of hydrogen-bond acceptors (Lipinski definition) is 0. The van der Waals surface area contributed by atoms with Crippen molar-refractivity contribution >= 4 is 11.2 Å². The number of rotatable bonds is 0. The van der Waals surface area contributed by atoms with Gasteiger partial charge in [-0.1, -0.05) is 0 Å². The van der Waals surface area contributed by atoms with Gasteiger partial charge in [0.1, 0.15) is 5.52 Å². The maximum absolute atomic E-state index is 2.17. The average molecular weight is 78.1 g/mol. The van der Waals surface area contributed by atoms with Gasteiger partial charge in [-0.05, 0) is 6.07 Å². The van der Waals surface area contributed by atoms with Crippen molar-refractivity contribution in [3.63, 3.8) is 0 Å². The molecule has 28 valence electrons. The van der Waals surface area contributed by atoms with Gasteiger partial charge in [-0.15, -0.1) is 0 Å². The van der Waals surface area contributed by atoms with Crippen molar-refractivity contribution in [3.05, 3.63) is 12.3 Å². The zero-order valence-electron chi connectivity index (χ0n) is 3.05. The van der Waals surface area contributed by atoms with Crippen molar-refractivity contribution < 1.29 is 0 Å². The van der Waals surface area contributed by atoms with E-state index in [4.69, 9.17) is 0 Å². The van der Waals surface area contributed by atoms with Gasteiger partial charge in [0.25, 0.3) is 0 Å². The highest BCUT2D eigenvalue weighted by atomic mass is 15.5. The van der Waals surface area contributed by atoms with Crippen LogP contribution in [0.5, 0.6) is 0 Å². The molecule has 4 heterocycles. The molecule has 0 aliphatic heterocycles. The third-order valence-corrected chi connectivity index (χ3v) is 1.37. The Morgan fingerprint density at radius 2 is 2.33 bits per heavy atom. The molecule has 2 nitrogen and oxygen atoms in total. The first-order chi connectivity index (χ1) is 2.98. The fourth-order valence-electron chi connectivity index (χ4n) is 0.928. The summed E-state index contributed by atoms with van der Waals surface area (Å²) in [5.74, 6) is 0. The van der Waals surface area contributed by atoms with Crippen LogP contribution < -0.4 is 0 Å². The smallest absolute Gasteiger partial charge is 0.178 e. The molecule has 0 saturated carbocycles. The van der Waals surface area contributed by atoms with E-state index in [1.807, 2.05) is 0 Å². The molecule has 4 aromatic rings. The summed E-state index contributed by atoms with van der Waals surface area (Å²) in [4.78, 5) is 0. The maximum atomic E-state index is 2.17. The van der Waals surface area contributed by atoms with Crippen molar-refractivity contribution in [3.8, 4) is 0 Å². The van der Waals surface area contributed by atoms with Crippen LogP contribution in [-0.2, 0) is 0 Å². The lowest BCUT2D eigenvalue weighted by molar-refractivity contribution is 1.12. The molecule has 0 saturated heterocycles. The highest BCUT2D eigenvalue weighted by molar-refractivity contribution is 5.92. The van der Waals surface area contributed by atoms with Crippen molar-refractivity contribution in [1.82, 2.24) is 9.03 Å². The van der Waals surface area contributed by atoms with Crippen molar-refractivity contribution in [2.75, 3.05) is 0 Å². The molecule has 0 atom stereocenters. The SMILES string of the molecule is c1cn2c3c1n32. The second kappa shape index (κ2) is 0.226. The van der Waals surface area contributed by atoms with Gasteiger partial charge in [-0.2, -0.15) is 0 Å². The summed E-state index contributed by atoms with van der Waals surface area (Å²) in [6.07, 6.45) is 2.07. The van der Waals surface area contributed by atoms with Gasteiger partial charge in [0.05, 0.1) is 0 Å². The molecule has 0 aliphatic carbocycles. The average Bonchev–Trinajstić information content (AvgIpc) is 2.30. The monoisotopic (exact) mass is 78.0 g/mol. The van der Waals surface area contributed by atoms with E-state index < -0.39 is 0 Å². The molecule has 0 N–H and O–H groups in total. The minimum Gasteiger partial charge on any atom is -0.234 e. The van der Waals surface area contributed by atoms with Crippen molar-refractivity contribution in [2.45, 2.75) is 0 Å². The van der Waals surface area contributed by atoms with Crippen LogP contribution in [0.15, 0.2) is 12.3 Å². The number of aromatic nitrogens is 2. The predicted octanol–water partition coefficient (Wildman–Crippen LogP) is 0.505.